The topological polar surface area (TPSA) is 58.9 Å². The normalized spacial score (nSPS) is 11.1. The van der Waals surface area contributed by atoms with Crippen LogP contribution >= 0.6 is 12.2 Å². The number of hydrogen-bond acceptors (Lipinski definition) is 4. The summed E-state index contributed by atoms with van der Waals surface area (Å²) in [6, 6.07) is 0. The average molecular weight is 203 g/mol. The van der Waals surface area contributed by atoms with Crippen molar-refractivity contribution in [2.45, 2.75) is 0 Å². The van der Waals surface area contributed by atoms with Crippen molar-refractivity contribution in [3.8, 4) is 0 Å². The van der Waals surface area contributed by atoms with Gasteiger partial charge in [-0.3, -0.25) is 4.40 Å². The largest absolute Gasteiger partial charge is 0.316 e. The van der Waals surface area contributed by atoms with E-state index in [9.17, 15) is 0 Å². The summed E-state index contributed by atoms with van der Waals surface area (Å²) < 4.78 is 2.45. The van der Waals surface area contributed by atoms with Crippen molar-refractivity contribution in [1.29, 1.82) is 0 Å². The Kier molecular flexibility index (Phi) is 1.40. The minimum absolute atomic E-state index is 0.610. The number of imidazole rings is 1. The third kappa shape index (κ3) is 0.882. The van der Waals surface area contributed by atoms with Crippen LogP contribution in [0.3, 0.4) is 0 Å². The Morgan fingerprint density at radius 2 is 2.29 bits per heavy atom. The number of aromatic nitrogens is 5. The minimum atomic E-state index is 0.610. The summed E-state index contributed by atoms with van der Waals surface area (Å²) in [5.74, 6) is 0.696. The van der Waals surface area contributed by atoms with Gasteiger partial charge in [0.2, 0.25) is 5.78 Å². The van der Waals surface area contributed by atoms with Gasteiger partial charge < -0.3 is 4.98 Å². The highest BCUT2D eigenvalue weighted by atomic mass is 32.1. The zero-order valence-electron chi connectivity index (χ0n) is 7.01. The van der Waals surface area contributed by atoms with Crippen LogP contribution in [0, 0.1) is 4.64 Å². The van der Waals surface area contributed by atoms with E-state index in [0.717, 1.165) is 11.0 Å². The van der Waals surface area contributed by atoms with Gasteiger partial charge in [-0.2, -0.15) is 0 Å². The van der Waals surface area contributed by atoms with Crippen molar-refractivity contribution in [2.75, 3.05) is 0 Å². The Bertz CT molecular complexity index is 668. The summed E-state index contributed by atoms with van der Waals surface area (Å²) in [6.45, 7) is 0. The Labute approximate surface area is 83.5 Å². The van der Waals surface area contributed by atoms with E-state index in [1.54, 1.807) is 12.4 Å². The third-order valence-corrected chi connectivity index (χ3v) is 2.35. The van der Waals surface area contributed by atoms with Crippen LogP contribution in [0.15, 0.2) is 24.9 Å². The van der Waals surface area contributed by atoms with Gasteiger partial charge in [0.25, 0.3) is 0 Å². The van der Waals surface area contributed by atoms with Crippen molar-refractivity contribution in [3.05, 3.63) is 29.6 Å². The first kappa shape index (κ1) is 7.57. The summed E-state index contributed by atoms with van der Waals surface area (Å²) >= 11 is 5.16. The van der Waals surface area contributed by atoms with Gasteiger partial charge in [-0.05, 0) is 0 Å². The molecule has 14 heavy (non-hydrogen) atoms. The molecule has 0 atom stereocenters. The van der Waals surface area contributed by atoms with Gasteiger partial charge in [0.1, 0.15) is 11.0 Å². The molecule has 6 heteroatoms. The number of rotatable bonds is 0. The summed E-state index contributed by atoms with van der Waals surface area (Å²) in [4.78, 5) is 15.2. The molecule has 0 fully saturated rings. The molecular weight excluding hydrogens is 198 g/mol. The maximum absolute atomic E-state index is 5.16. The van der Waals surface area contributed by atoms with Crippen LogP contribution in [0.25, 0.3) is 16.8 Å². The number of hydrogen-bond donors (Lipinski definition) is 1. The van der Waals surface area contributed by atoms with Crippen molar-refractivity contribution >= 4 is 29.0 Å². The van der Waals surface area contributed by atoms with Gasteiger partial charge in [0.05, 0.1) is 5.39 Å². The van der Waals surface area contributed by atoms with E-state index >= 15 is 0 Å². The van der Waals surface area contributed by atoms with Crippen LogP contribution in [0.1, 0.15) is 0 Å². The molecule has 0 aliphatic carbocycles. The maximum Gasteiger partial charge on any atom is 0.213 e. The van der Waals surface area contributed by atoms with Crippen LogP contribution in [-0.2, 0) is 0 Å². The summed E-state index contributed by atoms with van der Waals surface area (Å²) in [5.41, 5.74) is 0.774. The smallest absolute Gasteiger partial charge is 0.213 e. The van der Waals surface area contributed by atoms with Crippen molar-refractivity contribution in [1.82, 2.24) is 24.3 Å². The van der Waals surface area contributed by atoms with E-state index < -0.39 is 0 Å². The number of fused-ring (bicyclic) bond motifs is 3. The molecule has 0 saturated heterocycles. The van der Waals surface area contributed by atoms with Gasteiger partial charge in [-0.1, -0.05) is 12.2 Å². The molecule has 3 aromatic heterocycles. The van der Waals surface area contributed by atoms with Gasteiger partial charge >= 0.3 is 0 Å². The lowest BCUT2D eigenvalue weighted by Gasteiger charge is -1.99. The zero-order chi connectivity index (χ0) is 9.54. The highest BCUT2D eigenvalue weighted by molar-refractivity contribution is 7.71. The van der Waals surface area contributed by atoms with E-state index in [1.165, 1.54) is 6.33 Å². The van der Waals surface area contributed by atoms with E-state index in [-0.39, 0.29) is 0 Å². The first-order valence-corrected chi connectivity index (χ1v) is 4.42. The van der Waals surface area contributed by atoms with E-state index in [4.69, 9.17) is 12.2 Å². The fourth-order valence-corrected chi connectivity index (χ4v) is 1.65. The summed E-state index contributed by atoms with van der Waals surface area (Å²) in [6.07, 6.45) is 6.72. The molecular formula is C8H5N5S. The van der Waals surface area contributed by atoms with Crippen molar-refractivity contribution in [3.63, 3.8) is 0 Å². The van der Waals surface area contributed by atoms with Crippen molar-refractivity contribution in [2.24, 2.45) is 0 Å². The monoisotopic (exact) mass is 203 g/mol. The lowest BCUT2D eigenvalue weighted by atomic mass is 10.4. The van der Waals surface area contributed by atoms with Crippen LogP contribution in [-0.4, -0.2) is 24.3 Å². The molecule has 5 nitrogen and oxygen atoms in total. The molecule has 68 valence electrons. The predicted octanol–water partition coefficient (Wildman–Crippen LogP) is 1.34. The molecule has 3 heterocycles. The second-order valence-electron chi connectivity index (χ2n) is 2.83. The second-order valence-corrected chi connectivity index (χ2v) is 3.24. The van der Waals surface area contributed by atoms with Crippen LogP contribution in [0.2, 0.25) is 0 Å². The summed E-state index contributed by atoms with van der Waals surface area (Å²) in [7, 11) is 0. The third-order valence-electron chi connectivity index (χ3n) is 2.03. The standard InChI is InChI=1S/C8H5N5S/c14-7-5-3-9-4-11-6(5)13-2-1-10-8(13)12-7/h1-4H,(H,10,12,14). The Morgan fingerprint density at radius 1 is 1.36 bits per heavy atom. The highest BCUT2D eigenvalue weighted by Gasteiger charge is 2.02. The SMILES string of the molecule is S=c1[nH]c2nccn2c2ncncc12. The molecule has 0 amide bonds. The van der Waals surface area contributed by atoms with Crippen LogP contribution in [0.5, 0.6) is 0 Å². The van der Waals surface area contributed by atoms with Gasteiger partial charge in [-0.15, -0.1) is 0 Å². The highest BCUT2D eigenvalue weighted by Crippen LogP contribution is 2.11. The number of H-pyrrole nitrogens is 1. The Hall–Kier alpha value is -1.82. The molecule has 1 N–H and O–H groups in total. The average Bonchev–Trinajstić information content (AvgIpc) is 2.66. The van der Waals surface area contributed by atoms with E-state index in [2.05, 4.69) is 19.9 Å². The first-order chi connectivity index (χ1) is 6.86. The fourth-order valence-electron chi connectivity index (χ4n) is 1.41. The maximum atomic E-state index is 5.16. The van der Waals surface area contributed by atoms with Crippen molar-refractivity contribution < 1.29 is 0 Å². The molecule has 0 bridgehead atoms. The molecule has 0 aliphatic heterocycles. The quantitative estimate of drug-likeness (QED) is 0.560. The lowest BCUT2D eigenvalue weighted by Crippen LogP contribution is -1.94. The van der Waals surface area contributed by atoms with Gasteiger partial charge in [0.15, 0.2) is 5.65 Å². The van der Waals surface area contributed by atoms with Crippen LogP contribution in [0.4, 0.5) is 0 Å². The van der Waals surface area contributed by atoms with Crippen LogP contribution < -0.4 is 0 Å². The molecule has 0 saturated carbocycles. The van der Waals surface area contributed by atoms with Gasteiger partial charge in [0, 0.05) is 18.6 Å². The van der Waals surface area contributed by atoms with E-state index in [0.29, 0.717) is 10.4 Å². The number of nitrogens with one attached hydrogen (secondary N) is 1. The minimum Gasteiger partial charge on any atom is -0.316 e. The number of aromatic amines is 1. The lowest BCUT2D eigenvalue weighted by molar-refractivity contribution is 1.09. The summed E-state index contributed by atoms with van der Waals surface area (Å²) in [5, 5.41) is 0.827. The number of nitrogens with zero attached hydrogens (tertiary/aromatic N) is 4. The molecule has 0 aliphatic rings. The molecule has 3 aromatic rings. The fraction of sp³-hybridized carbons (Fsp3) is 0. The van der Waals surface area contributed by atoms with E-state index in [1.807, 2.05) is 10.6 Å². The molecule has 0 radical (unpaired) electrons. The first-order valence-electron chi connectivity index (χ1n) is 4.01. The van der Waals surface area contributed by atoms with Gasteiger partial charge in [-0.25, -0.2) is 15.0 Å². The molecule has 0 spiro atoms. The molecule has 0 unspecified atom stereocenters. The Morgan fingerprint density at radius 3 is 3.21 bits per heavy atom. The molecule has 0 aromatic carbocycles. The Balaban J connectivity index is 2.74. The zero-order valence-corrected chi connectivity index (χ0v) is 7.82. The predicted molar refractivity (Wildman–Crippen MR) is 53.5 cm³/mol. The molecule has 3 rings (SSSR count). The second kappa shape index (κ2) is 2.58.